The first-order valence-corrected chi connectivity index (χ1v) is 6.57. The predicted molar refractivity (Wildman–Crippen MR) is 59.1 cm³/mol. The van der Waals surface area contributed by atoms with Crippen molar-refractivity contribution < 1.29 is 0 Å². The first-order chi connectivity index (χ1) is 6.90. The smallest absolute Gasteiger partial charge is 0.0100 e. The summed E-state index contributed by atoms with van der Waals surface area (Å²) < 4.78 is 0. The summed E-state index contributed by atoms with van der Waals surface area (Å²) in [7, 11) is 2.18. The van der Waals surface area contributed by atoms with Gasteiger partial charge < -0.3 is 5.32 Å². The van der Waals surface area contributed by atoms with E-state index in [1.54, 1.807) is 0 Å². The van der Waals surface area contributed by atoms with Crippen LogP contribution < -0.4 is 5.32 Å². The van der Waals surface area contributed by atoms with Crippen LogP contribution in [-0.2, 0) is 0 Å². The topological polar surface area (TPSA) is 12.0 Å². The van der Waals surface area contributed by atoms with E-state index in [1.807, 2.05) is 0 Å². The molecule has 0 bridgehead atoms. The van der Waals surface area contributed by atoms with Gasteiger partial charge in [0.15, 0.2) is 0 Å². The molecule has 0 aromatic carbocycles. The van der Waals surface area contributed by atoms with Gasteiger partial charge in [-0.25, -0.2) is 0 Å². The molecule has 1 N–H and O–H groups in total. The van der Waals surface area contributed by atoms with Crippen LogP contribution in [0.1, 0.15) is 44.9 Å². The molecule has 0 heterocycles. The minimum Gasteiger partial charge on any atom is -0.317 e. The van der Waals surface area contributed by atoms with Crippen LogP contribution in [0.15, 0.2) is 0 Å². The first kappa shape index (κ1) is 9.21. The zero-order valence-electron chi connectivity index (χ0n) is 9.34. The van der Waals surface area contributed by atoms with Crippen LogP contribution in [-0.4, -0.2) is 13.1 Å². The van der Waals surface area contributed by atoms with E-state index in [9.17, 15) is 0 Å². The van der Waals surface area contributed by atoms with Gasteiger partial charge in [-0.05, 0) is 50.0 Å². The highest BCUT2D eigenvalue weighted by atomic mass is 14.9. The Labute approximate surface area is 87.7 Å². The lowest BCUT2D eigenvalue weighted by Gasteiger charge is -2.15. The SMILES string of the molecule is CNC(CC1CC1)C1C2CCCCC21. The van der Waals surface area contributed by atoms with Gasteiger partial charge in [0.2, 0.25) is 0 Å². The summed E-state index contributed by atoms with van der Waals surface area (Å²) in [6.45, 7) is 0. The van der Waals surface area contributed by atoms with Crippen molar-refractivity contribution >= 4 is 0 Å². The van der Waals surface area contributed by atoms with Crippen LogP contribution in [0.4, 0.5) is 0 Å². The molecule has 80 valence electrons. The van der Waals surface area contributed by atoms with E-state index < -0.39 is 0 Å². The van der Waals surface area contributed by atoms with E-state index in [0.717, 1.165) is 29.7 Å². The maximum Gasteiger partial charge on any atom is 0.0100 e. The molecule has 0 saturated heterocycles. The van der Waals surface area contributed by atoms with Gasteiger partial charge in [0.1, 0.15) is 0 Å². The predicted octanol–water partition coefficient (Wildman–Crippen LogP) is 2.81. The molecule has 3 saturated carbocycles. The minimum atomic E-state index is 0.871. The maximum absolute atomic E-state index is 3.59. The van der Waals surface area contributed by atoms with E-state index in [2.05, 4.69) is 12.4 Å². The first-order valence-electron chi connectivity index (χ1n) is 6.57. The number of hydrogen-bond donors (Lipinski definition) is 1. The normalized spacial score (nSPS) is 43.1. The molecular formula is C13H23N. The van der Waals surface area contributed by atoms with Crippen molar-refractivity contribution in [2.45, 2.75) is 51.0 Å². The van der Waals surface area contributed by atoms with Crippen LogP contribution in [0, 0.1) is 23.7 Å². The van der Waals surface area contributed by atoms with Crippen molar-refractivity contribution in [3.05, 3.63) is 0 Å². The lowest BCUT2D eigenvalue weighted by molar-refractivity contribution is 0.415. The summed E-state index contributed by atoms with van der Waals surface area (Å²) in [4.78, 5) is 0. The zero-order chi connectivity index (χ0) is 9.54. The Morgan fingerprint density at radius 1 is 1.07 bits per heavy atom. The average Bonchev–Trinajstić information content (AvgIpc) is 3.09. The molecule has 0 aliphatic heterocycles. The molecule has 0 spiro atoms. The van der Waals surface area contributed by atoms with E-state index in [0.29, 0.717) is 0 Å². The van der Waals surface area contributed by atoms with E-state index in [1.165, 1.54) is 44.9 Å². The van der Waals surface area contributed by atoms with E-state index >= 15 is 0 Å². The second-order valence-electron chi connectivity index (χ2n) is 5.76. The fourth-order valence-corrected chi connectivity index (χ4v) is 3.82. The molecule has 14 heavy (non-hydrogen) atoms. The third kappa shape index (κ3) is 1.60. The molecule has 3 rings (SSSR count). The van der Waals surface area contributed by atoms with Crippen molar-refractivity contribution in [3.63, 3.8) is 0 Å². The Balaban J connectivity index is 1.57. The highest BCUT2D eigenvalue weighted by Gasteiger charge is 2.54. The fraction of sp³-hybridized carbons (Fsp3) is 1.00. The molecule has 3 aliphatic carbocycles. The zero-order valence-corrected chi connectivity index (χ0v) is 9.34. The van der Waals surface area contributed by atoms with Crippen LogP contribution in [0.2, 0.25) is 0 Å². The van der Waals surface area contributed by atoms with E-state index in [4.69, 9.17) is 0 Å². The van der Waals surface area contributed by atoms with Crippen LogP contribution >= 0.6 is 0 Å². The van der Waals surface area contributed by atoms with Gasteiger partial charge in [0.25, 0.3) is 0 Å². The third-order valence-electron chi connectivity index (χ3n) is 4.84. The van der Waals surface area contributed by atoms with Gasteiger partial charge in [-0.3, -0.25) is 0 Å². The van der Waals surface area contributed by atoms with Gasteiger partial charge in [-0.1, -0.05) is 25.7 Å². The number of hydrogen-bond acceptors (Lipinski definition) is 1. The Hall–Kier alpha value is -0.0400. The molecule has 0 amide bonds. The molecule has 3 unspecified atom stereocenters. The molecule has 3 fully saturated rings. The third-order valence-corrected chi connectivity index (χ3v) is 4.84. The lowest BCUT2D eigenvalue weighted by atomic mass is 10.0. The summed E-state index contributed by atoms with van der Waals surface area (Å²) in [5, 5.41) is 3.59. The van der Waals surface area contributed by atoms with E-state index in [-0.39, 0.29) is 0 Å². The van der Waals surface area contributed by atoms with Gasteiger partial charge in [-0.2, -0.15) is 0 Å². The highest BCUT2D eigenvalue weighted by Crippen LogP contribution is 2.58. The molecule has 3 atom stereocenters. The Morgan fingerprint density at radius 3 is 2.21 bits per heavy atom. The summed E-state index contributed by atoms with van der Waals surface area (Å²) in [5.74, 6) is 4.41. The minimum absolute atomic E-state index is 0.871. The Morgan fingerprint density at radius 2 is 1.71 bits per heavy atom. The number of fused-ring (bicyclic) bond motifs is 1. The molecule has 1 heteroatoms. The van der Waals surface area contributed by atoms with Gasteiger partial charge in [0, 0.05) is 6.04 Å². The summed E-state index contributed by atoms with van der Waals surface area (Å²) in [6, 6.07) is 0.871. The molecule has 0 aromatic rings. The molecule has 0 aromatic heterocycles. The monoisotopic (exact) mass is 193 g/mol. The van der Waals surface area contributed by atoms with Crippen LogP contribution in [0.3, 0.4) is 0 Å². The number of nitrogens with one attached hydrogen (secondary N) is 1. The second kappa shape index (κ2) is 3.52. The molecular weight excluding hydrogens is 170 g/mol. The summed E-state index contributed by atoms with van der Waals surface area (Å²) in [6.07, 6.45) is 10.6. The van der Waals surface area contributed by atoms with Crippen molar-refractivity contribution in [1.29, 1.82) is 0 Å². The van der Waals surface area contributed by atoms with Crippen LogP contribution in [0.5, 0.6) is 0 Å². The quantitative estimate of drug-likeness (QED) is 0.724. The van der Waals surface area contributed by atoms with Crippen molar-refractivity contribution in [2.24, 2.45) is 23.7 Å². The van der Waals surface area contributed by atoms with Gasteiger partial charge in [-0.15, -0.1) is 0 Å². The number of rotatable bonds is 4. The summed E-state index contributed by atoms with van der Waals surface area (Å²) >= 11 is 0. The van der Waals surface area contributed by atoms with Crippen LogP contribution in [0.25, 0.3) is 0 Å². The molecule has 3 aliphatic rings. The standard InChI is InChI=1S/C13H23N/c1-14-12(8-9-6-7-9)13-10-4-2-3-5-11(10)13/h9-14H,2-8H2,1H3. The highest BCUT2D eigenvalue weighted by molar-refractivity contribution is 5.05. The lowest BCUT2D eigenvalue weighted by Crippen LogP contribution is -2.29. The maximum atomic E-state index is 3.59. The van der Waals surface area contributed by atoms with Gasteiger partial charge in [0.05, 0.1) is 0 Å². The Bertz CT molecular complexity index is 197. The largest absolute Gasteiger partial charge is 0.317 e. The fourth-order valence-electron chi connectivity index (χ4n) is 3.82. The van der Waals surface area contributed by atoms with Crippen molar-refractivity contribution in [3.8, 4) is 0 Å². The molecule has 1 nitrogen and oxygen atoms in total. The Kier molecular flexibility index (Phi) is 2.31. The molecule has 0 radical (unpaired) electrons. The van der Waals surface area contributed by atoms with Crippen molar-refractivity contribution in [2.75, 3.05) is 7.05 Å². The van der Waals surface area contributed by atoms with Gasteiger partial charge >= 0.3 is 0 Å². The average molecular weight is 193 g/mol. The van der Waals surface area contributed by atoms with Crippen molar-refractivity contribution in [1.82, 2.24) is 5.32 Å². The second-order valence-corrected chi connectivity index (χ2v) is 5.76. The summed E-state index contributed by atoms with van der Waals surface area (Å²) in [5.41, 5.74) is 0.